The van der Waals surface area contributed by atoms with Crippen LogP contribution in [-0.2, 0) is 22.6 Å². The van der Waals surface area contributed by atoms with E-state index in [9.17, 15) is 9.59 Å². The molecule has 1 aliphatic heterocycles. The first-order valence-electron chi connectivity index (χ1n) is 7.33. The summed E-state index contributed by atoms with van der Waals surface area (Å²) in [5.74, 6) is -1.19. The Kier molecular flexibility index (Phi) is 4.30. The summed E-state index contributed by atoms with van der Waals surface area (Å²) in [5.41, 5.74) is 3.45. The fourth-order valence-corrected chi connectivity index (χ4v) is 2.94. The lowest BCUT2D eigenvalue weighted by Crippen LogP contribution is -2.42. The Morgan fingerprint density at radius 1 is 1.30 bits per heavy atom. The van der Waals surface area contributed by atoms with Crippen LogP contribution in [0.4, 0.5) is 5.69 Å². The predicted octanol–water partition coefficient (Wildman–Crippen LogP) is 2.57. The molecule has 1 aromatic carbocycles. The van der Waals surface area contributed by atoms with Crippen LogP contribution in [-0.4, -0.2) is 28.2 Å². The number of carbonyl (C=O) groups excluding carboxylic acids is 2. The summed E-state index contributed by atoms with van der Waals surface area (Å²) < 4.78 is 0. The van der Waals surface area contributed by atoms with E-state index in [1.807, 2.05) is 25.1 Å². The largest absolute Gasteiger partial charge is 0.330 e. The monoisotopic (exact) mass is 329 g/mol. The lowest BCUT2D eigenvalue weighted by Gasteiger charge is -2.28. The first-order chi connectivity index (χ1) is 11.1. The van der Waals surface area contributed by atoms with Crippen LogP contribution in [0.3, 0.4) is 0 Å². The lowest BCUT2D eigenvalue weighted by atomic mass is 9.99. The normalized spacial score (nSPS) is 13.4. The van der Waals surface area contributed by atoms with Crippen molar-refractivity contribution in [1.82, 2.24) is 9.88 Å². The number of fused-ring (bicyclic) bond motifs is 1. The van der Waals surface area contributed by atoms with Gasteiger partial charge in [-0.15, -0.1) is 0 Å². The molecule has 2 amide bonds. The van der Waals surface area contributed by atoms with Gasteiger partial charge in [-0.1, -0.05) is 23.7 Å². The van der Waals surface area contributed by atoms with Crippen LogP contribution in [0.2, 0.25) is 5.02 Å². The smallest absolute Gasteiger partial charge is 0.313 e. The van der Waals surface area contributed by atoms with Crippen molar-refractivity contribution in [2.45, 2.75) is 19.9 Å². The highest BCUT2D eigenvalue weighted by atomic mass is 35.5. The summed E-state index contributed by atoms with van der Waals surface area (Å²) >= 11 is 6.17. The van der Waals surface area contributed by atoms with Crippen molar-refractivity contribution in [3.8, 4) is 0 Å². The lowest BCUT2D eigenvalue weighted by molar-refractivity contribution is -0.143. The molecule has 2 heterocycles. The first kappa shape index (κ1) is 15.5. The molecule has 1 N–H and O–H groups in total. The van der Waals surface area contributed by atoms with E-state index in [1.54, 1.807) is 17.2 Å². The summed E-state index contributed by atoms with van der Waals surface area (Å²) in [4.78, 5) is 30.1. The fourth-order valence-electron chi connectivity index (χ4n) is 2.65. The standard InChI is InChI=1S/C17H16ClN3O2/c1-11-5-7-19-9-15(11)20-16(22)17(23)21-8-6-13-12(10-21)3-2-4-14(13)18/h2-5,7,9H,6,8,10H2,1H3,(H,20,22). The van der Waals surface area contributed by atoms with Gasteiger partial charge in [0.15, 0.2) is 0 Å². The molecule has 0 radical (unpaired) electrons. The van der Waals surface area contributed by atoms with Gasteiger partial charge >= 0.3 is 11.8 Å². The molecule has 2 aromatic rings. The molecule has 5 nitrogen and oxygen atoms in total. The second kappa shape index (κ2) is 6.38. The van der Waals surface area contributed by atoms with Gasteiger partial charge in [-0.25, -0.2) is 0 Å². The molecule has 1 aromatic heterocycles. The molecule has 23 heavy (non-hydrogen) atoms. The Labute approximate surface area is 139 Å². The maximum atomic E-state index is 12.4. The van der Waals surface area contributed by atoms with Crippen molar-refractivity contribution in [1.29, 1.82) is 0 Å². The molecule has 0 unspecified atom stereocenters. The fraction of sp³-hybridized carbons (Fsp3) is 0.235. The Hall–Kier alpha value is -2.40. The number of hydrogen-bond donors (Lipinski definition) is 1. The van der Waals surface area contributed by atoms with Gasteiger partial charge in [-0.05, 0) is 42.2 Å². The summed E-state index contributed by atoms with van der Waals surface area (Å²) in [7, 11) is 0. The van der Waals surface area contributed by atoms with Gasteiger partial charge < -0.3 is 10.2 Å². The second-order valence-electron chi connectivity index (χ2n) is 5.50. The summed E-state index contributed by atoms with van der Waals surface area (Å²) in [6.45, 7) is 2.73. The predicted molar refractivity (Wildman–Crippen MR) is 88.2 cm³/mol. The number of aromatic nitrogens is 1. The van der Waals surface area contributed by atoms with Gasteiger partial charge in [0.2, 0.25) is 0 Å². The number of carbonyl (C=O) groups is 2. The highest BCUT2D eigenvalue weighted by Gasteiger charge is 2.26. The number of aryl methyl sites for hydroxylation is 1. The minimum absolute atomic E-state index is 0.397. The van der Waals surface area contributed by atoms with Crippen LogP contribution in [0.1, 0.15) is 16.7 Å². The number of nitrogens with zero attached hydrogens (tertiary/aromatic N) is 2. The molecule has 0 saturated heterocycles. The average molecular weight is 330 g/mol. The van der Waals surface area contributed by atoms with Crippen LogP contribution < -0.4 is 5.32 Å². The molecule has 6 heteroatoms. The minimum atomic E-state index is -0.647. The molecule has 0 bridgehead atoms. The number of nitrogens with one attached hydrogen (secondary N) is 1. The number of benzene rings is 1. The third-order valence-corrected chi connectivity index (χ3v) is 4.33. The van der Waals surface area contributed by atoms with Crippen LogP contribution in [0.15, 0.2) is 36.7 Å². The summed E-state index contributed by atoms with van der Waals surface area (Å²) in [6.07, 6.45) is 3.82. The average Bonchev–Trinajstić information content (AvgIpc) is 2.56. The molecule has 0 fully saturated rings. The first-order valence-corrected chi connectivity index (χ1v) is 7.71. The van der Waals surface area contributed by atoms with Gasteiger partial charge in [0.05, 0.1) is 11.9 Å². The zero-order chi connectivity index (χ0) is 16.4. The van der Waals surface area contributed by atoms with Crippen molar-refractivity contribution in [2.75, 3.05) is 11.9 Å². The van der Waals surface area contributed by atoms with Gasteiger partial charge in [0.25, 0.3) is 0 Å². The van der Waals surface area contributed by atoms with Crippen molar-refractivity contribution in [3.05, 3.63) is 58.4 Å². The van der Waals surface area contributed by atoms with Crippen LogP contribution in [0, 0.1) is 6.92 Å². The van der Waals surface area contributed by atoms with Crippen LogP contribution in [0.25, 0.3) is 0 Å². The molecular formula is C17H16ClN3O2. The Morgan fingerprint density at radius 2 is 2.13 bits per heavy atom. The molecular weight excluding hydrogens is 314 g/mol. The van der Waals surface area contributed by atoms with E-state index in [0.29, 0.717) is 30.2 Å². The number of rotatable bonds is 1. The van der Waals surface area contributed by atoms with Crippen molar-refractivity contribution >= 4 is 29.1 Å². The Bertz CT molecular complexity index is 776. The maximum Gasteiger partial charge on any atom is 0.313 e. The highest BCUT2D eigenvalue weighted by Crippen LogP contribution is 2.26. The minimum Gasteiger partial charge on any atom is -0.330 e. The van der Waals surface area contributed by atoms with E-state index in [2.05, 4.69) is 10.3 Å². The number of pyridine rings is 1. The third kappa shape index (κ3) is 3.19. The zero-order valence-corrected chi connectivity index (χ0v) is 13.4. The van der Waals surface area contributed by atoms with E-state index in [4.69, 9.17) is 11.6 Å². The molecule has 3 rings (SSSR count). The summed E-state index contributed by atoms with van der Waals surface area (Å²) in [6, 6.07) is 7.41. The number of hydrogen-bond acceptors (Lipinski definition) is 3. The van der Waals surface area contributed by atoms with Gasteiger partial charge in [0.1, 0.15) is 0 Å². The Morgan fingerprint density at radius 3 is 2.91 bits per heavy atom. The number of amides is 2. The van der Waals surface area contributed by atoms with E-state index < -0.39 is 11.8 Å². The van der Waals surface area contributed by atoms with E-state index in [0.717, 1.165) is 16.7 Å². The third-order valence-electron chi connectivity index (χ3n) is 3.98. The highest BCUT2D eigenvalue weighted by molar-refractivity contribution is 6.39. The maximum absolute atomic E-state index is 12.4. The van der Waals surface area contributed by atoms with E-state index >= 15 is 0 Å². The van der Waals surface area contributed by atoms with Crippen molar-refractivity contribution in [3.63, 3.8) is 0 Å². The van der Waals surface area contributed by atoms with Crippen molar-refractivity contribution < 1.29 is 9.59 Å². The van der Waals surface area contributed by atoms with Crippen molar-refractivity contribution in [2.24, 2.45) is 0 Å². The van der Waals surface area contributed by atoms with Gasteiger partial charge in [-0.2, -0.15) is 0 Å². The molecule has 0 saturated carbocycles. The quantitative estimate of drug-likeness (QED) is 0.818. The van der Waals surface area contributed by atoms with E-state index in [1.165, 1.54) is 6.20 Å². The van der Waals surface area contributed by atoms with Gasteiger partial charge in [-0.3, -0.25) is 14.6 Å². The van der Waals surface area contributed by atoms with Gasteiger partial charge in [0, 0.05) is 24.3 Å². The SMILES string of the molecule is Cc1ccncc1NC(=O)C(=O)N1CCc2c(Cl)cccc2C1. The van der Waals surface area contributed by atoms with Crippen LogP contribution >= 0.6 is 11.6 Å². The summed E-state index contributed by atoms with van der Waals surface area (Å²) in [5, 5.41) is 3.34. The zero-order valence-electron chi connectivity index (χ0n) is 12.7. The van der Waals surface area contributed by atoms with E-state index in [-0.39, 0.29) is 0 Å². The molecule has 118 valence electrons. The molecule has 0 aliphatic carbocycles. The topological polar surface area (TPSA) is 62.3 Å². The molecule has 0 spiro atoms. The molecule has 0 atom stereocenters. The number of anilines is 1. The number of halogens is 1. The Balaban J connectivity index is 1.72. The molecule has 1 aliphatic rings. The second-order valence-corrected chi connectivity index (χ2v) is 5.91. The van der Waals surface area contributed by atoms with Crippen LogP contribution in [0.5, 0.6) is 0 Å².